The van der Waals surface area contributed by atoms with Crippen molar-refractivity contribution in [1.82, 2.24) is 14.7 Å². The third kappa shape index (κ3) is 5.94. The van der Waals surface area contributed by atoms with Gasteiger partial charge in [0.2, 0.25) is 16.0 Å². The summed E-state index contributed by atoms with van der Waals surface area (Å²) in [6.45, 7) is 1.20. The van der Waals surface area contributed by atoms with Crippen molar-refractivity contribution in [3.8, 4) is 11.5 Å². The SMILES string of the molecule is CNc1nc(NC[C@H]2CC[C@H](CNS(=O)(=O)c3cc(OC)ccc3OC)CC2)nc2ccccc12. The van der Waals surface area contributed by atoms with E-state index in [0.717, 1.165) is 48.9 Å². The van der Waals surface area contributed by atoms with Gasteiger partial charge in [-0.2, -0.15) is 4.98 Å². The summed E-state index contributed by atoms with van der Waals surface area (Å²) in [6, 6.07) is 12.7. The highest BCUT2D eigenvalue weighted by Gasteiger charge is 2.25. The van der Waals surface area contributed by atoms with E-state index >= 15 is 0 Å². The van der Waals surface area contributed by atoms with Crippen LogP contribution in [0.15, 0.2) is 47.4 Å². The molecule has 2 aromatic carbocycles. The number of hydrogen-bond donors (Lipinski definition) is 3. The number of sulfonamides is 1. The van der Waals surface area contributed by atoms with Crippen molar-refractivity contribution in [3.63, 3.8) is 0 Å². The highest BCUT2D eigenvalue weighted by molar-refractivity contribution is 7.89. The fourth-order valence-corrected chi connectivity index (χ4v) is 5.82. The number of methoxy groups -OCH3 is 2. The first-order chi connectivity index (χ1) is 16.9. The second-order valence-electron chi connectivity index (χ2n) is 8.80. The van der Waals surface area contributed by atoms with E-state index in [1.165, 1.54) is 20.3 Å². The number of ether oxygens (including phenoxy) is 2. The monoisotopic (exact) mass is 499 g/mol. The average Bonchev–Trinajstić information content (AvgIpc) is 2.90. The van der Waals surface area contributed by atoms with Gasteiger partial charge in [0.05, 0.1) is 19.7 Å². The third-order valence-corrected chi connectivity index (χ3v) is 8.02. The summed E-state index contributed by atoms with van der Waals surface area (Å²) in [6.07, 6.45) is 3.97. The van der Waals surface area contributed by atoms with E-state index in [1.807, 2.05) is 31.3 Å². The second-order valence-corrected chi connectivity index (χ2v) is 10.5. The molecular formula is C25H33N5O4S. The van der Waals surface area contributed by atoms with E-state index < -0.39 is 10.0 Å². The van der Waals surface area contributed by atoms with Gasteiger partial charge in [0, 0.05) is 31.6 Å². The first-order valence-corrected chi connectivity index (χ1v) is 13.3. The standard InChI is InChI=1S/C25H33N5O4S/c1-26-24-20-6-4-5-7-21(20)29-25(30-24)27-15-17-8-10-18(11-9-17)16-28-35(31,32)23-14-19(33-2)12-13-22(23)34-3/h4-7,12-14,17-18,28H,8-11,15-16H2,1-3H3,(H2,26,27,29,30)/t17-,18-. The summed E-state index contributed by atoms with van der Waals surface area (Å²) < 4.78 is 39.0. The number of nitrogens with one attached hydrogen (secondary N) is 3. The van der Waals surface area contributed by atoms with Crippen molar-refractivity contribution < 1.29 is 17.9 Å². The van der Waals surface area contributed by atoms with Crippen LogP contribution < -0.4 is 24.8 Å². The molecule has 0 aliphatic heterocycles. The molecule has 1 aromatic heterocycles. The summed E-state index contributed by atoms with van der Waals surface area (Å²) in [5.74, 6) is 2.98. The molecule has 1 aliphatic carbocycles. The molecule has 1 aliphatic rings. The maximum Gasteiger partial charge on any atom is 0.244 e. The van der Waals surface area contributed by atoms with Gasteiger partial charge in [-0.3, -0.25) is 0 Å². The molecule has 0 saturated heterocycles. The van der Waals surface area contributed by atoms with Crippen molar-refractivity contribution in [2.45, 2.75) is 30.6 Å². The quantitative estimate of drug-likeness (QED) is 0.385. The lowest BCUT2D eigenvalue weighted by Gasteiger charge is -2.28. The highest BCUT2D eigenvalue weighted by atomic mass is 32.2. The van der Waals surface area contributed by atoms with Crippen LogP contribution in [0.25, 0.3) is 10.9 Å². The topological polar surface area (TPSA) is 114 Å². The van der Waals surface area contributed by atoms with Crippen molar-refractivity contribution in [3.05, 3.63) is 42.5 Å². The molecule has 0 spiro atoms. The number of benzene rings is 2. The lowest BCUT2D eigenvalue weighted by Crippen LogP contribution is -2.32. The molecule has 1 saturated carbocycles. The minimum atomic E-state index is -3.71. The van der Waals surface area contributed by atoms with Gasteiger partial charge >= 0.3 is 0 Å². The minimum Gasteiger partial charge on any atom is -0.497 e. The Morgan fingerprint density at radius 2 is 1.66 bits per heavy atom. The Labute approximate surface area is 206 Å². The molecule has 0 unspecified atom stereocenters. The van der Waals surface area contributed by atoms with E-state index in [4.69, 9.17) is 9.47 Å². The van der Waals surface area contributed by atoms with Crippen molar-refractivity contribution in [2.75, 3.05) is 45.0 Å². The Kier molecular flexibility index (Phi) is 7.92. The molecule has 1 heterocycles. The maximum absolute atomic E-state index is 12.9. The zero-order valence-corrected chi connectivity index (χ0v) is 21.2. The normalized spacial score (nSPS) is 18.3. The molecule has 0 atom stereocenters. The summed E-state index contributed by atoms with van der Waals surface area (Å²) in [7, 11) is 1.11. The summed E-state index contributed by atoms with van der Waals surface area (Å²) in [4.78, 5) is 9.33. The van der Waals surface area contributed by atoms with Crippen LogP contribution >= 0.6 is 0 Å². The van der Waals surface area contributed by atoms with Gasteiger partial charge in [-0.15, -0.1) is 0 Å². The fourth-order valence-electron chi connectivity index (χ4n) is 4.52. The number of fused-ring (bicyclic) bond motifs is 1. The van der Waals surface area contributed by atoms with Crippen molar-refractivity contribution >= 4 is 32.7 Å². The zero-order chi connectivity index (χ0) is 24.8. The van der Waals surface area contributed by atoms with Crippen molar-refractivity contribution in [2.24, 2.45) is 11.8 Å². The van der Waals surface area contributed by atoms with Gasteiger partial charge in [-0.05, 0) is 61.8 Å². The van der Waals surface area contributed by atoms with Crippen LogP contribution in [-0.4, -0.2) is 52.7 Å². The van der Waals surface area contributed by atoms with Gasteiger partial charge in [0.25, 0.3) is 0 Å². The molecule has 188 valence electrons. The maximum atomic E-state index is 12.9. The second kappa shape index (κ2) is 11.1. The Hall–Kier alpha value is -3.11. The van der Waals surface area contributed by atoms with Crippen LogP contribution in [0, 0.1) is 11.8 Å². The van der Waals surface area contributed by atoms with Crippen LogP contribution in [0.1, 0.15) is 25.7 Å². The number of para-hydroxylation sites is 1. The van der Waals surface area contributed by atoms with Crippen LogP contribution in [-0.2, 0) is 10.0 Å². The third-order valence-electron chi connectivity index (χ3n) is 6.58. The smallest absolute Gasteiger partial charge is 0.244 e. The lowest BCUT2D eigenvalue weighted by molar-refractivity contribution is 0.284. The molecule has 3 N–H and O–H groups in total. The number of nitrogens with zero attached hydrogens (tertiary/aromatic N) is 2. The average molecular weight is 500 g/mol. The Morgan fingerprint density at radius 1 is 0.943 bits per heavy atom. The lowest BCUT2D eigenvalue weighted by atomic mass is 9.82. The van der Waals surface area contributed by atoms with E-state index in [0.29, 0.717) is 35.8 Å². The summed E-state index contributed by atoms with van der Waals surface area (Å²) in [5, 5.41) is 7.54. The van der Waals surface area contributed by atoms with Gasteiger partial charge in [-0.1, -0.05) is 12.1 Å². The largest absolute Gasteiger partial charge is 0.497 e. The van der Waals surface area contributed by atoms with E-state index in [2.05, 4.69) is 25.3 Å². The van der Waals surface area contributed by atoms with E-state index in [-0.39, 0.29) is 4.90 Å². The summed E-state index contributed by atoms with van der Waals surface area (Å²) >= 11 is 0. The molecule has 0 bridgehead atoms. The van der Waals surface area contributed by atoms with Gasteiger partial charge in [-0.25, -0.2) is 18.1 Å². The number of anilines is 2. The zero-order valence-electron chi connectivity index (χ0n) is 20.4. The number of aromatic nitrogens is 2. The first kappa shape index (κ1) is 25.0. The molecule has 3 aromatic rings. The van der Waals surface area contributed by atoms with Crippen LogP contribution in [0.3, 0.4) is 0 Å². The molecule has 35 heavy (non-hydrogen) atoms. The fraction of sp³-hybridized carbons (Fsp3) is 0.440. The Balaban J connectivity index is 1.29. The van der Waals surface area contributed by atoms with Gasteiger partial charge < -0.3 is 20.1 Å². The number of rotatable bonds is 10. The van der Waals surface area contributed by atoms with E-state index in [1.54, 1.807) is 12.1 Å². The number of hydrogen-bond acceptors (Lipinski definition) is 8. The van der Waals surface area contributed by atoms with Crippen LogP contribution in [0.5, 0.6) is 11.5 Å². The molecular weight excluding hydrogens is 466 g/mol. The Bertz CT molecular complexity index is 1260. The molecule has 0 amide bonds. The molecule has 0 radical (unpaired) electrons. The summed E-state index contributed by atoms with van der Waals surface area (Å²) in [5.41, 5.74) is 0.901. The van der Waals surface area contributed by atoms with Gasteiger partial charge in [0.1, 0.15) is 22.2 Å². The molecule has 9 nitrogen and oxygen atoms in total. The first-order valence-electron chi connectivity index (χ1n) is 11.8. The highest BCUT2D eigenvalue weighted by Crippen LogP contribution is 2.31. The molecule has 4 rings (SSSR count). The predicted molar refractivity (Wildman–Crippen MR) is 138 cm³/mol. The molecule has 1 fully saturated rings. The minimum absolute atomic E-state index is 0.0913. The van der Waals surface area contributed by atoms with Crippen LogP contribution in [0.2, 0.25) is 0 Å². The van der Waals surface area contributed by atoms with Crippen LogP contribution in [0.4, 0.5) is 11.8 Å². The van der Waals surface area contributed by atoms with Gasteiger partial charge in [0.15, 0.2) is 0 Å². The van der Waals surface area contributed by atoms with E-state index in [9.17, 15) is 8.42 Å². The Morgan fingerprint density at radius 3 is 2.34 bits per heavy atom. The molecule has 10 heteroatoms. The van der Waals surface area contributed by atoms with Crippen molar-refractivity contribution in [1.29, 1.82) is 0 Å². The predicted octanol–water partition coefficient (Wildman–Crippen LogP) is 3.89.